The Labute approximate surface area is 188 Å². The molecule has 0 radical (unpaired) electrons. The van der Waals surface area contributed by atoms with Crippen molar-refractivity contribution in [3.8, 4) is 0 Å². The molecule has 4 nitrogen and oxygen atoms in total. The zero-order valence-electron chi connectivity index (χ0n) is 15.5. The molecule has 1 N–H and O–H groups in total. The first-order chi connectivity index (χ1) is 14.0. The quantitative estimate of drug-likeness (QED) is 0.407. The van der Waals surface area contributed by atoms with E-state index in [9.17, 15) is 9.59 Å². The van der Waals surface area contributed by atoms with E-state index < -0.39 is 0 Å². The predicted molar refractivity (Wildman–Crippen MR) is 127 cm³/mol. The molecule has 0 bridgehead atoms. The van der Waals surface area contributed by atoms with Gasteiger partial charge in [-0.3, -0.25) is 14.5 Å². The van der Waals surface area contributed by atoms with Crippen LogP contribution in [0, 0.1) is 0 Å². The first kappa shape index (κ1) is 21.5. The molecule has 7 heteroatoms. The van der Waals surface area contributed by atoms with Crippen LogP contribution >= 0.6 is 39.9 Å². The first-order valence-electron chi connectivity index (χ1n) is 9.05. The van der Waals surface area contributed by atoms with Crippen molar-refractivity contribution >= 4 is 67.8 Å². The number of amides is 2. The molecule has 1 fully saturated rings. The SMILES string of the molecule is O=C(CCCN1C(=O)/C(=C/C=C/c2ccccc2)SC1=S)Nc1cccc(Br)c1. The number of carbonyl (C=O) groups is 2. The Bertz CT molecular complexity index is 974. The number of benzene rings is 2. The third-order valence-corrected chi connectivity index (χ3v) is 5.99. The molecule has 0 unspecified atom stereocenters. The number of nitrogens with zero attached hydrogens (tertiary/aromatic N) is 1. The molecular formula is C22H19BrN2O2S2. The van der Waals surface area contributed by atoms with Gasteiger partial charge < -0.3 is 5.32 Å². The Balaban J connectivity index is 1.49. The summed E-state index contributed by atoms with van der Waals surface area (Å²) in [5.74, 6) is -0.194. The monoisotopic (exact) mass is 486 g/mol. The average molecular weight is 487 g/mol. The predicted octanol–water partition coefficient (Wildman–Crippen LogP) is 5.63. The summed E-state index contributed by atoms with van der Waals surface area (Å²) in [5, 5.41) is 2.85. The van der Waals surface area contributed by atoms with Crippen LogP contribution in [0.4, 0.5) is 5.69 Å². The summed E-state index contributed by atoms with van der Waals surface area (Å²) in [5.41, 5.74) is 1.80. The Kier molecular flexibility index (Phi) is 7.80. The number of allylic oxidation sites excluding steroid dienone is 2. The second-order valence-corrected chi connectivity index (χ2v) is 8.88. The smallest absolute Gasteiger partial charge is 0.266 e. The highest BCUT2D eigenvalue weighted by Gasteiger charge is 2.31. The normalized spacial score (nSPS) is 15.5. The molecule has 0 aromatic heterocycles. The van der Waals surface area contributed by atoms with Gasteiger partial charge >= 0.3 is 0 Å². The van der Waals surface area contributed by atoms with E-state index in [-0.39, 0.29) is 11.8 Å². The van der Waals surface area contributed by atoms with E-state index in [0.29, 0.717) is 28.6 Å². The van der Waals surface area contributed by atoms with Gasteiger partial charge in [-0.1, -0.05) is 88.5 Å². The van der Waals surface area contributed by atoms with Gasteiger partial charge in [0.15, 0.2) is 0 Å². The maximum Gasteiger partial charge on any atom is 0.266 e. The largest absolute Gasteiger partial charge is 0.326 e. The lowest BCUT2D eigenvalue weighted by Gasteiger charge is -2.14. The van der Waals surface area contributed by atoms with Crippen molar-refractivity contribution in [3.63, 3.8) is 0 Å². The second kappa shape index (κ2) is 10.5. The van der Waals surface area contributed by atoms with Crippen molar-refractivity contribution in [1.29, 1.82) is 0 Å². The maximum absolute atomic E-state index is 12.6. The third-order valence-electron chi connectivity index (χ3n) is 4.10. The summed E-state index contributed by atoms with van der Waals surface area (Å²) >= 11 is 10.0. The molecule has 1 aliphatic rings. The van der Waals surface area contributed by atoms with Crippen molar-refractivity contribution < 1.29 is 9.59 Å². The standard InChI is InChI=1S/C22H19BrN2O2S2/c23-17-10-5-11-18(15-17)24-20(26)13-6-14-25-21(27)19(29-22(25)28)12-4-9-16-7-2-1-3-8-16/h1-5,7-12,15H,6,13-14H2,(H,24,26)/b9-4+,19-12-. The number of carbonyl (C=O) groups excluding carboxylic acids is 2. The Morgan fingerprint density at radius 2 is 1.97 bits per heavy atom. The fourth-order valence-electron chi connectivity index (χ4n) is 2.71. The fourth-order valence-corrected chi connectivity index (χ4v) is 4.36. The highest BCUT2D eigenvalue weighted by molar-refractivity contribution is 9.10. The van der Waals surface area contributed by atoms with Crippen molar-refractivity contribution in [2.45, 2.75) is 12.8 Å². The van der Waals surface area contributed by atoms with Crippen molar-refractivity contribution in [3.05, 3.63) is 81.7 Å². The van der Waals surface area contributed by atoms with Crippen LogP contribution in [0.1, 0.15) is 18.4 Å². The number of thioether (sulfide) groups is 1. The van der Waals surface area contributed by atoms with E-state index in [1.165, 1.54) is 11.8 Å². The summed E-state index contributed by atoms with van der Waals surface area (Å²) in [6.07, 6.45) is 6.44. The maximum atomic E-state index is 12.6. The average Bonchev–Trinajstić information content (AvgIpc) is 2.96. The van der Waals surface area contributed by atoms with Crippen LogP contribution in [-0.4, -0.2) is 27.6 Å². The molecule has 2 aromatic rings. The van der Waals surface area contributed by atoms with E-state index >= 15 is 0 Å². The molecule has 1 heterocycles. The van der Waals surface area contributed by atoms with Gasteiger partial charge in [0.05, 0.1) is 4.91 Å². The zero-order chi connectivity index (χ0) is 20.6. The summed E-state index contributed by atoms with van der Waals surface area (Å²) in [6, 6.07) is 17.3. The van der Waals surface area contributed by atoms with Crippen LogP contribution in [0.15, 0.2) is 76.1 Å². The van der Waals surface area contributed by atoms with E-state index in [1.54, 1.807) is 11.0 Å². The lowest BCUT2D eigenvalue weighted by Crippen LogP contribution is -2.29. The van der Waals surface area contributed by atoms with E-state index in [4.69, 9.17) is 12.2 Å². The van der Waals surface area contributed by atoms with Gasteiger partial charge in [0, 0.05) is 23.1 Å². The molecule has 0 saturated carbocycles. The second-order valence-electron chi connectivity index (χ2n) is 6.29. The topological polar surface area (TPSA) is 49.4 Å². The third kappa shape index (κ3) is 6.39. The highest BCUT2D eigenvalue weighted by atomic mass is 79.9. The van der Waals surface area contributed by atoms with Crippen LogP contribution < -0.4 is 5.32 Å². The molecule has 1 aliphatic heterocycles. The molecular weight excluding hydrogens is 468 g/mol. The van der Waals surface area contributed by atoms with Gasteiger partial charge in [0.25, 0.3) is 5.91 Å². The lowest BCUT2D eigenvalue weighted by molar-refractivity contribution is -0.122. The van der Waals surface area contributed by atoms with Gasteiger partial charge in [-0.05, 0) is 36.3 Å². The van der Waals surface area contributed by atoms with E-state index in [1.807, 2.05) is 66.7 Å². The van der Waals surface area contributed by atoms with Gasteiger partial charge in [-0.2, -0.15) is 0 Å². The number of halogens is 1. The molecule has 0 spiro atoms. The molecule has 29 heavy (non-hydrogen) atoms. The molecule has 0 atom stereocenters. The molecule has 148 valence electrons. The minimum Gasteiger partial charge on any atom is -0.326 e. The fraction of sp³-hybridized carbons (Fsp3) is 0.136. The van der Waals surface area contributed by atoms with Crippen LogP contribution in [0.5, 0.6) is 0 Å². The Morgan fingerprint density at radius 3 is 2.72 bits per heavy atom. The van der Waals surface area contributed by atoms with Gasteiger partial charge in [0.1, 0.15) is 4.32 Å². The Hall–Kier alpha value is -2.22. The van der Waals surface area contributed by atoms with Crippen LogP contribution in [0.25, 0.3) is 6.08 Å². The highest BCUT2D eigenvalue weighted by Crippen LogP contribution is 2.31. The number of hydrogen-bond acceptors (Lipinski definition) is 4. The van der Waals surface area contributed by atoms with Crippen LogP contribution in [0.3, 0.4) is 0 Å². The van der Waals surface area contributed by atoms with Gasteiger partial charge in [-0.25, -0.2) is 0 Å². The lowest BCUT2D eigenvalue weighted by atomic mass is 10.2. The molecule has 0 aliphatic carbocycles. The summed E-state index contributed by atoms with van der Waals surface area (Å²) in [4.78, 5) is 26.8. The minimum atomic E-state index is -0.106. The van der Waals surface area contributed by atoms with Crippen LogP contribution in [-0.2, 0) is 9.59 Å². The number of rotatable bonds is 7. The first-order valence-corrected chi connectivity index (χ1v) is 11.1. The Morgan fingerprint density at radius 1 is 1.17 bits per heavy atom. The number of thiocarbonyl (C=S) groups is 1. The van der Waals surface area contributed by atoms with Crippen LogP contribution in [0.2, 0.25) is 0 Å². The van der Waals surface area contributed by atoms with E-state index in [0.717, 1.165) is 15.7 Å². The van der Waals surface area contributed by atoms with E-state index in [2.05, 4.69) is 21.2 Å². The molecule has 1 saturated heterocycles. The van der Waals surface area contributed by atoms with Crippen molar-refractivity contribution in [2.24, 2.45) is 0 Å². The number of anilines is 1. The molecule has 2 amide bonds. The number of hydrogen-bond donors (Lipinski definition) is 1. The summed E-state index contributed by atoms with van der Waals surface area (Å²) in [7, 11) is 0. The minimum absolute atomic E-state index is 0.0881. The zero-order valence-corrected chi connectivity index (χ0v) is 18.7. The van der Waals surface area contributed by atoms with Gasteiger partial charge in [-0.15, -0.1) is 0 Å². The summed E-state index contributed by atoms with van der Waals surface area (Å²) in [6.45, 7) is 0.427. The summed E-state index contributed by atoms with van der Waals surface area (Å²) < 4.78 is 1.43. The van der Waals surface area contributed by atoms with Gasteiger partial charge in [0.2, 0.25) is 5.91 Å². The molecule has 2 aromatic carbocycles. The number of nitrogens with one attached hydrogen (secondary N) is 1. The molecule has 3 rings (SSSR count). The van der Waals surface area contributed by atoms with Crippen molar-refractivity contribution in [2.75, 3.05) is 11.9 Å². The van der Waals surface area contributed by atoms with Crippen molar-refractivity contribution in [1.82, 2.24) is 4.90 Å².